The molecule has 1 aliphatic rings. The highest BCUT2D eigenvalue weighted by atomic mass is 35.5. The highest BCUT2D eigenvalue weighted by molar-refractivity contribution is 6.42. The first-order chi connectivity index (χ1) is 12.0. The average molecular weight is 381 g/mol. The summed E-state index contributed by atoms with van der Waals surface area (Å²) in [7, 11) is 0. The zero-order valence-corrected chi connectivity index (χ0v) is 14.6. The van der Waals surface area contributed by atoms with Gasteiger partial charge in [-0.25, -0.2) is 4.79 Å². The molecule has 0 fully saturated rings. The summed E-state index contributed by atoms with van der Waals surface area (Å²) in [4.78, 5) is 24.3. The van der Waals surface area contributed by atoms with Crippen LogP contribution in [0.3, 0.4) is 0 Å². The number of carbonyl (C=O) groups is 2. The Kier molecular flexibility index (Phi) is 5.46. The number of benzene rings is 2. The van der Waals surface area contributed by atoms with Crippen molar-refractivity contribution >= 4 is 35.0 Å². The Balaban J connectivity index is 1.65. The molecular weight excluding hydrogens is 367 g/mol. The van der Waals surface area contributed by atoms with Gasteiger partial charge in [0.2, 0.25) is 0 Å². The van der Waals surface area contributed by atoms with Gasteiger partial charge >= 0.3 is 5.97 Å². The molecule has 1 aliphatic heterocycles. The van der Waals surface area contributed by atoms with Crippen LogP contribution in [0.25, 0.3) is 0 Å². The van der Waals surface area contributed by atoms with Gasteiger partial charge < -0.3 is 14.2 Å². The summed E-state index contributed by atoms with van der Waals surface area (Å²) in [5.74, 6) is 0.117. The molecule has 0 saturated heterocycles. The van der Waals surface area contributed by atoms with Crippen LogP contribution in [0, 0.1) is 0 Å². The van der Waals surface area contributed by atoms with Gasteiger partial charge in [0.15, 0.2) is 23.9 Å². The molecule has 0 unspecified atom stereocenters. The molecule has 2 aromatic carbocycles. The fourth-order valence-corrected chi connectivity index (χ4v) is 2.56. The quantitative estimate of drug-likeness (QED) is 0.587. The SMILES string of the molecule is O=C(COC(=O)c1ccc(Cl)c(Cl)c1)c1ccc2c(c1)OCCCO2. The second-order valence-corrected chi connectivity index (χ2v) is 6.15. The van der Waals surface area contributed by atoms with E-state index in [1.54, 1.807) is 18.2 Å². The molecule has 5 nitrogen and oxygen atoms in total. The first-order valence-corrected chi connectivity index (χ1v) is 8.35. The van der Waals surface area contributed by atoms with Crippen LogP contribution in [0.2, 0.25) is 10.0 Å². The monoisotopic (exact) mass is 380 g/mol. The molecule has 0 amide bonds. The number of hydrogen-bond donors (Lipinski definition) is 0. The van der Waals surface area contributed by atoms with Crippen molar-refractivity contribution in [3.63, 3.8) is 0 Å². The standard InChI is InChI=1S/C18H14Cl2O5/c19-13-4-2-12(8-14(13)20)18(22)25-10-15(21)11-3-5-16-17(9-11)24-7-1-6-23-16/h2-5,8-9H,1,6-7,10H2. The Morgan fingerprint density at radius 2 is 1.64 bits per heavy atom. The molecule has 0 radical (unpaired) electrons. The highest BCUT2D eigenvalue weighted by Gasteiger charge is 2.16. The van der Waals surface area contributed by atoms with Crippen LogP contribution in [0.15, 0.2) is 36.4 Å². The summed E-state index contributed by atoms with van der Waals surface area (Å²) in [6.45, 7) is 0.706. The number of hydrogen-bond acceptors (Lipinski definition) is 5. The van der Waals surface area contributed by atoms with Crippen molar-refractivity contribution in [1.82, 2.24) is 0 Å². The molecule has 130 valence electrons. The van der Waals surface area contributed by atoms with E-state index < -0.39 is 12.6 Å². The minimum absolute atomic E-state index is 0.223. The molecule has 1 heterocycles. The number of fused-ring (bicyclic) bond motifs is 1. The Labute approximate surface area is 154 Å². The normalized spacial score (nSPS) is 13.0. The Hall–Kier alpha value is -2.24. The van der Waals surface area contributed by atoms with Crippen LogP contribution in [0.4, 0.5) is 0 Å². The second kappa shape index (κ2) is 7.76. The summed E-state index contributed by atoms with van der Waals surface area (Å²) in [5.41, 5.74) is 0.604. The summed E-state index contributed by atoms with van der Waals surface area (Å²) in [6.07, 6.45) is 0.777. The molecule has 3 rings (SSSR count). The molecule has 25 heavy (non-hydrogen) atoms. The largest absolute Gasteiger partial charge is 0.490 e. The first-order valence-electron chi connectivity index (χ1n) is 7.59. The molecule has 0 N–H and O–H groups in total. The highest BCUT2D eigenvalue weighted by Crippen LogP contribution is 2.30. The minimum atomic E-state index is -0.652. The van der Waals surface area contributed by atoms with Crippen LogP contribution in [-0.4, -0.2) is 31.6 Å². The van der Waals surface area contributed by atoms with Gasteiger partial charge in [-0.2, -0.15) is 0 Å². The maximum Gasteiger partial charge on any atom is 0.338 e. The van der Waals surface area contributed by atoms with Crippen LogP contribution in [-0.2, 0) is 4.74 Å². The van der Waals surface area contributed by atoms with E-state index in [1.807, 2.05) is 0 Å². The third-order valence-corrected chi connectivity index (χ3v) is 4.30. The molecule has 0 atom stereocenters. The van der Waals surface area contributed by atoms with Gasteiger partial charge in [0.1, 0.15) is 0 Å². The molecule has 0 aromatic heterocycles. The Morgan fingerprint density at radius 3 is 2.40 bits per heavy atom. The lowest BCUT2D eigenvalue weighted by atomic mass is 10.1. The lowest BCUT2D eigenvalue weighted by Gasteiger charge is -2.09. The molecule has 0 saturated carbocycles. The fourth-order valence-electron chi connectivity index (χ4n) is 2.26. The number of esters is 1. The van der Waals surface area contributed by atoms with E-state index in [4.69, 9.17) is 37.4 Å². The fraction of sp³-hybridized carbons (Fsp3) is 0.222. The molecule has 0 bridgehead atoms. The van der Waals surface area contributed by atoms with Gasteiger partial charge in [0.25, 0.3) is 0 Å². The summed E-state index contributed by atoms with van der Waals surface area (Å²) in [6, 6.07) is 9.25. The van der Waals surface area contributed by atoms with Crippen molar-refractivity contribution in [1.29, 1.82) is 0 Å². The predicted molar refractivity (Wildman–Crippen MR) is 93.1 cm³/mol. The van der Waals surface area contributed by atoms with Crippen LogP contribution in [0.1, 0.15) is 27.1 Å². The van der Waals surface area contributed by atoms with Crippen molar-refractivity contribution in [3.05, 3.63) is 57.6 Å². The maximum absolute atomic E-state index is 12.3. The van der Waals surface area contributed by atoms with Crippen molar-refractivity contribution in [2.75, 3.05) is 19.8 Å². The van der Waals surface area contributed by atoms with E-state index in [1.165, 1.54) is 18.2 Å². The van der Waals surface area contributed by atoms with Gasteiger partial charge in [-0.1, -0.05) is 23.2 Å². The van der Waals surface area contributed by atoms with Gasteiger partial charge in [-0.15, -0.1) is 0 Å². The molecule has 0 spiro atoms. The number of Topliss-reactive ketones (excluding diaryl/α,β-unsaturated/α-hetero) is 1. The van der Waals surface area contributed by atoms with E-state index in [-0.39, 0.29) is 16.4 Å². The summed E-state index contributed by atoms with van der Waals surface area (Å²) < 4.78 is 16.1. The average Bonchev–Trinajstić information content (AvgIpc) is 2.86. The number of carbonyl (C=O) groups excluding carboxylic acids is 2. The van der Waals surface area contributed by atoms with Crippen molar-refractivity contribution < 1.29 is 23.8 Å². The van der Waals surface area contributed by atoms with Crippen molar-refractivity contribution in [3.8, 4) is 11.5 Å². The number of halogens is 2. The molecular formula is C18H14Cl2O5. The molecule has 2 aromatic rings. The zero-order chi connectivity index (χ0) is 17.8. The minimum Gasteiger partial charge on any atom is -0.490 e. The third-order valence-electron chi connectivity index (χ3n) is 3.56. The van der Waals surface area contributed by atoms with E-state index in [0.29, 0.717) is 35.3 Å². The van der Waals surface area contributed by atoms with E-state index in [9.17, 15) is 9.59 Å². The predicted octanol–water partition coefficient (Wildman–Crippen LogP) is 4.19. The summed E-state index contributed by atoms with van der Waals surface area (Å²) in [5, 5.41) is 0.576. The lowest BCUT2D eigenvalue weighted by molar-refractivity contribution is 0.0474. The lowest BCUT2D eigenvalue weighted by Crippen LogP contribution is -2.14. The van der Waals surface area contributed by atoms with Gasteiger partial charge in [-0.3, -0.25) is 4.79 Å². The summed E-state index contributed by atoms with van der Waals surface area (Å²) >= 11 is 11.7. The number of ketones is 1. The van der Waals surface area contributed by atoms with Crippen molar-refractivity contribution in [2.45, 2.75) is 6.42 Å². The number of ether oxygens (including phenoxy) is 3. The molecule has 0 aliphatic carbocycles. The van der Waals surface area contributed by atoms with Crippen LogP contribution in [0.5, 0.6) is 11.5 Å². The first kappa shape index (κ1) is 17.6. The van der Waals surface area contributed by atoms with E-state index >= 15 is 0 Å². The number of rotatable bonds is 4. The topological polar surface area (TPSA) is 61.8 Å². The van der Waals surface area contributed by atoms with E-state index in [2.05, 4.69) is 0 Å². The maximum atomic E-state index is 12.3. The Morgan fingerprint density at radius 1 is 0.920 bits per heavy atom. The van der Waals surface area contributed by atoms with E-state index in [0.717, 1.165) is 6.42 Å². The molecule has 7 heteroatoms. The zero-order valence-electron chi connectivity index (χ0n) is 13.1. The smallest absolute Gasteiger partial charge is 0.338 e. The van der Waals surface area contributed by atoms with Crippen molar-refractivity contribution in [2.24, 2.45) is 0 Å². The Bertz CT molecular complexity index is 819. The van der Waals surface area contributed by atoms with Gasteiger partial charge in [0.05, 0.1) is 28.8 Å². The third kappa shape index (κ3) is 4.24. The van der Waals surface area contributed by atoms with Gasteiger partial charge in [-0.05, 0) is 36.4 Å². The van der Waals surface area contributed by atoms with Crippen LogP contribution < -0.4 is 9.47 Å². The van der Waals surface area contributed by atoms with Crippen LogP contribution >= 0.6 is 23.2 Å². The second-order valence-electron chi connectivity index (χ2n) is 5.34. The van der Waals surface area contributed by atoms with Gasteiger partial charge in [0, 0.05) is 12.0 Å².